The average Bonchev–Trinajstić information content (AvgIpc) is 3.16. The van der Waals surface area contributed by atoms with E-state index in [9.17, 15) is 13.2 Å². The number of alkyl halides is 3. The molecule has 0 radical (unpaired) electrons. The van der Waals surface area contributed by atoms with Crippen LogP contribution in [0.5, 0.6) is 0 Å². The molecule has 1 fully saturated rings. The van der Waals surface area contributed by atoms with E-state index in [2.05, 4.69) is 29.5 Å². The van der Waals surface area contributed by atoms with Crippen LogP contribution in [0.25, 0.3) is 22.3 Å². The molecule has 184 valence electrons. The van der Waals surface area contributed by atoms with Crippen molar-refractivity contribution in [1.29, 1.82) is 0 Å². The van der Waals surface area contributed by atoms with E-state index in [0.29, 0.717) is 31.2 Å². The quantitative estimate of drug-likeness (QED) is 0.267. The third kappa shape index (κ3) is 5.59. The van der Waals surface area contributed by atoms with E-state index >= 15 is 0 Å². The molecule has 0 atom stereocenters. The van der Waals surface area contributed by atoms with Crippen LogP contribution in [0.1, 0.15) is 5.56 Å². The number of hydrogen-bond acceptors (Lipinski definition) is 4. The van der Waals surface area contributed by atoms with Crippen LogP contribution in [0.4, 0.5) is 18.9 Å². The number of pyridine rings is 1. The van der Waals surface area contributed by atoms with Gasteiger partial charge in [0.2, 0.25) is 0 Å². The molecule has 34 heavy (non-hydrogen) atoms. The Balaban J connectivity index is 1.70. The Morgan fingerprint density at radius 3 is 2.41 bits per heavy atom. The van der Waals surface area contributed by atoms with Crippen LogP contribution in [0.15, 0.2) is 36.5 Å². The Morgan fingerprint density at radius 2 is 1.79 bits per heavy atom. The van der Waals surface area contributed by atoms with Crippen molar-refractivity contribution in [1.82, 2.24) is 9.55 Å². The van der Waals surface area contributed by atoms with Gasteiger partial charge in [0.05, 0.1) is 29.5 Å². The molecule has 2 aromatic heterocycles. The van der Waals surface area contributed by atoms with Crippen molar-refractivity contribution in [2.24, 2.45) is 0 Å². The summed E-state index contributed by atoms with van der Waals surface area (Å²) >= 11 is 6.22. The summed E-state index contributed by atoms with van der Waals surface area (Å²) in [5.74, 6) is 0. The molecular weight excluding hydrogens is 483 g/mol. The van der Waals surface area contributed by atoms with Gasteiger partial charge in [-0.1, -0.05) is 43.4 Å². The van der Waals surface area contributed by atoms with Crippen molar-refractivity contribution in [2.45, 2.75) is 38.6 Å². The minimum atomic E-state index is -4.58. The molecule has 1 saturated heterocycles. The fraction of sp³-hybridized carbons (Fsp3) is 0.458. The van der Waals surface area contributed by atoms with Gasteiger partial charge >= 0.3 is 6.18 Å². The Hall–Kier alpha value is -2.07. The van der Waals surface area contributed by atoms with Gasteiger partial charge in [0, 0.05) is 45.0 Å². The van der Waals surface area contributed by atoms with E-state index < -0.39 is 19.8 Å². The largest absolute Gasteiger partial charge is 0.419 e. The maximum Gasteiger partial charge on any atom is 0.419 e. The molecule has 0 bridgehead atoms. The molecule has 0 aliphatic carbocycles. The molecule has 3 aromatic rings. The summed E-state index contributed by atoms with van der Waals surface area (Å²) in [7, 11) is -1.28. The lowest BCUT2D eigenvalue weighted by Crippen LogP contribution is -2.36. The highest BCUT2D eigenvalue weighted by Crippen LogP contribution is 2.40. The summed E-state index contributed by atoms with van der Waals surface area (Å²) in [6.45, 7) is 10.6. The first-order chi connectivity index (χ1) is 16.0. The number of fused-ring (bicyclic) bond motifs is 1. The minimum Gasteiger partial charge on any atom is -0.378 e. The van der Waals surface area contributed by atoms with E-state index in [-0.39, 0.29) is 17.1 Å². The maximum absolute atomic E-state index is 13.4. The normalized spacial score (nSPS) is 15.3. The monoisotopic (exact) mass is 511 g/mol. The van der Waals surface area contributed by atoms with Gasteiger partial charge in [0.15, 0.2) is 0 Å². The summed E-state index contributed by atoms with van der Waals surface area (Å²) < 4.78 is 53.4. The summed E-state index contributed by atoms with van der Waals surface area (Å²) in [6.07, 6.45) is -3.78. The van der Waals surface area contributed by atoms with Crippen molar-refractivity contribution in [3.8, 4) is 11.3 Å². The summed E-state index contributed by atoms with van der Waals surface area (Å²) in [5.41, 5.74) is 2.08. The van der Waals surface area contributed by atoms with Crippen LogP contribution in [0, 0.1) is 0 Å². The van der Waals surface area contributed by atoms with Crippen LogP contribution in [-0.2, 0) is 22.4 Å². The predicted octanol–water partition coefficient (Wildman–Crippen LogP) is 6.52. The summed E-state index contributed by atoms with van der Waals surface area (Å²) in [4.78, 5) is 6.38. The summed E-state index contributed by atoms with van der Waals surface area (Å²) in [6, 6.07) is 10.6. The third-order valence-electron chi connectivity index (χ3n) is 5.92. The van der Waals surface area contributed by atoms with Gasteiger partial charge in [-0.05, 0) is 29.8 Å². The first-order valence-corrected chi connectivity index (χ1v) is 15.4. The molecule has 3 heterocycles. The van der Waals surface area contributed by atoms with Crippen molar-refractivity contribution in [2.75, 3.05) is 37.8 Å². The van der Waals surface area contributed by atoms with Crippen LogP contribution < -0.4 is 4.90 Å². The molecule has 5 nitrogen and oxygen atoms in total. The first-order valence-electron chi connectivity index (χ1n) is 11.3. The number of morpholine rings is 1. The van der Waals surface area contributed by atoms with E-state index in [1.54, 1.807) is 10.6 Å². The second-order valence-corrected chi connectivity index (χ2v) is 15.7. The highest BCUT2D eigenvalue weighted by Gasteiger charge is 2.35. The second kappa shape index (κ2) is 9.89. The van der Waals surface area contributed by atoms with E-state index in [1.165, 1.54) is 0 Å². The number of benzene rings is 1. The first kappa shape index (κ1) is 25.0. The highest BCUT2D eigenvalue weighted by atomic mass is 35.5. The second-order valence-electron chi connectivity index (χ2n) is 9.67. The Morgan fingerprint density at radius 1 is 1.12 bits per heavy atom. The molecular formula is C24H29ClF3N3O2Si. The minimum absolute atomic E-state index is 0.184. The van der Waals surface area contributed by atoms with E-state index in [1.807, 2.05) is 24.3 Å². The van der Waals surface area contributed by atoms with Crippen LogP contribution in [0.3, 0.4) is 0 Å². The lowest BCUT2D eigenvalue weighted by Gasteiger charge is -2.29. The molecule has 1 aromatic carbocycles. The fourth-order valence-corrected chi connectivity index (χ4v) is 4.98. The summed E-state index contributed by atoms with van der Waals surface area (Å²) in [5, 5.41) is -0.0814. The van der Waals surface area contributed by atoms with Gasteiger partial charge in [-0.3, -0.25) is 0 Å². The Kier molecular flexibility index (Phi) is 7.28. The fourth-order valence-electron chi connectivity index (χ4n) is 3.93. The van der Waals surface area contributed by atoms with E-state index in [4.69, 9.17) is 21.1 Å². The number of hydrogen-bond donors (Lipinski definition) is 0. The molecule has 4 rings (SSSR count). The molecule has 0 saturated carbocycles. The maximum atomic E-state index is 13.4. The van der Waals surface area contributed by atoms with E-state index in [0.717, 1.165) is 36.6 Å². The number of anilines is 1. The SMILES string of the molecule is C[Si](C)(C)CCOCn1c(-c2ccc(N3CCOCC3)cc2)cc2c(Cl)c(C(F)(F)F)cnc21. The smallest absolute Gasteiger partial charge is 0.378 e. The van der Waals surface area contributed by atoms with Crippen LogP contribution in [-0.4, -0.2) is 50.5 Å². The van der Waals surface area contributed by atoms with Crippen molar-refractivity contribution in [3.05, 3.63) is 47.1 Å². The zero-order valence-electron chi connectivity index (χ0n) is 19.6. The molecule has 0 amide bonds. The number of ether oxygens (including phenoxy) is 2. The molecule has 0 N–H and O–H groups in total. The zero-order valence-corrected chi connectivity index (χ0v) is 21.3. The molecule has 10 heteroatoms. The molecule has 1 aliphatic heterocycles. The van der Waals surface area contributed by atoms with Gasteiger partial charge in [0.25, 0.3) is 0 Å². The van der Waals surface area contributed by atoms with Crippen molar-refractivity contribution < 1.29 is 22.6 Å². The van der Waals surface area contributed by atoms with Gasteiger partial charge < -0.3 is 18.9 Å². The number of halogens is 4. The Labute approximate surface area is 203 Å². The predicted molar refractivity (Wildman–Crippen MR) is 132 cm³/mol. The van der Waals surface area contributed by atoms with Gasteiger partial charge in [0.1, 0.15) is 12.4 Å². The van der Waals surface area contributed by atoms with Gasteiger partial charge in [-0.15, -0.1) is 0 Å². The zero-order chi connectivity index (χ0) is 24.5. The standard InChI is InChI=1S/C24H29ClF3N3O2Si/c1-34(2,3)13-12-33-16-31-21(14-19-22(25)20(24(26,27)28)15-29-23(19)31)17-4-6-18(7-5-17)30-8-10-32-11-9-30/h4-7,14-15H,8-13,16H2,1-3H3. The average molecular weight is 512 g/mol. The molecule has 0 unspecified atom stereocenters. The lowest BCUT2D eigenvalue weighted by molar-refractivity contribution is -0.137. The van der Waals surface area contributed by atoms with Crippen LogP contribution >= 0.6 is 11.6 Å². The van der Waals surface area contributed by atoms with Crippen molar-refractivity contribution in [3.63, 3.8) is 0 Å². The van der Waals surface area contributed by atoms with Gasteiger partial charge in [-0.25, -0.2) is 4.98 Å². The molecule has 0 spiro atoms. The topological polar surface area (TPSA) is 39.5 Å². The van der Waals surface area contributed by atoms with Crippen LogP contribution in [0.2, 0.25) is 30.7 Å². The lowest BCUT2D eigenvalue weighted by atomic mass is 10.1. The van der Waals surface area contributed by atoms with Crippen molar-refractivity contribution >= 4 is 36.4 Å². The number of aromatic nitrogens is 2. The Bertz CT molecular complexity index is 1140. The third-order valence-corrected chi connectivity index (χ3v) is 8.03. The number of rotatable bonds is 7. The van der Waals surface area contributed by atoms with Gasteiger partial charge in [-0.2, -0.15) is 13.2 Å². The molecule has 1 aliphatic rings. The highest BCUT2D eigenvalue weighted by molar-refractivity contribution is 6.76. The number of nitrogens with zero attached hydrogens (tertiary/aromatic N) is 3.